The fourth-order valence-electron chi connectivity index (χ4n) is 1.28. The fourth-order valence-corrected chi connectivity index (χ4v) is 1.28. The largest absolute Gasteiger partial charge is 0.352 e. The molecule has 1 unspecified atom stereocenters. The van der Waals surface area contributed by atoms with Gasteiger partial charge in [0.05, 0.1) is 0 Å². The number of hydrogen-bond donors (Lipinski definition) is 2. The topological polar surface area (TPSA) is 55.1 Å². The second-order valence-electron chi connectivity index (χ2n) is 3.74. The molecule has 0 aliphatic heterocycles. The van der Waals surface area contributed by atoms with Crippen molar-refractivity contribution in [2.45, 2.75) is 25.9 Å². The Labute approximate surface area is 92.6 Å². The molecule has 3 nitrogen and oxygen atoms in total. The Morgan fingerprint density at radius 3 is 2.44 bits per heavy atom. The Morgan fingerprint density at radius 2 is 1.94 bits per heavy atom. The van der Waals surface area contributed by atoms with Gasteiger partial charge in [-0.05, 0) is 24.6 Å². The molecule has 0 aromatic heterocycles. The number of hydrogen-bond acceptors (Lipinski definition) is 2. The van der Waals surface area contributed by atoms with Crippen molar-refractivity contribution >= 4 is 5.91 Å². The van der Waals surface area contributed by atoms with Crippen molar-refractivity contribution in [3.63, 3.8) is 0 Å². The SMILES string of the molecule is CC(N)CC(=O)NCc1cc(F)cc(F)c1. The Bertz CT molecular complexity index is 360. The lowest BCUT2D eigenvalue weighted by Crippen LogP contribution is -2.29. The van der Waals surface area contributed by atoms with Gasteiger partial charge in [-0.2, -0.15) is 0 Å². The first kappa shape index (κ1) is 12.6. The van der Waals surface area contributed by atoms with E-state index in [1.807, 2.05) is 0 Å². The third-order valence-electron chi connectivity index (χ3n) is 1.92. The average molecular weight is 228 g/mol. The van der Waals surface area contributed by atoms with Crippen LogP contribution in [0.2, 0.25) is 0 Å². The maximum absolute atomic E-state index is 12.8. The van der Waals surface area contributed by atoms with Crippen LogP contribution in [-0.2, 0) is 11.3 Å². The van der Waals surface area contributed by atoms with Crippen LogP contribution in [0.15, 0.2) is 18.2 Å². The van der Waals surface area contributed by atoms with E-state index >= 15 is 0 Å². The highest BCUT2D eigenvalue weighted by Crippen LogP contribution is 2.07. The summed E-state index contributed by atoms with van der Waals surface area (Å²) in [5.41, 5.74) is 5.81. The molecule has 1 atom stereocenters. The molecule has 0 saturated heterocycles. The van der Waals surface area contributed by atoms with Crippen LogP contribution in [0.25, 0.3) is 0 Å². The lowest BCUT2D eigenvalue weighted by atomic mass is 10.2. The summed E-state index contributed by atoms with van der Waals surface area (Å²) in [6, 6.07) is 2.90. The minimum Gasteiger partial charge on any atom is -0.352 e. The number of amides is 1. The van der Waals surface area contributed by atoms with Gasteiger partial charge in [0.25, 0.3) is 0 Å². The molecule has 0 saturated carbocycles. The summed E-state index contributed by atoms with van der Waals surface area (Å²) in [4.78, 5) is 11.2. The molecule has 0 aliphatic rings. The van der Waals surface area contributed by atoms with Crippen LogP contribution >= 0.6 is 0 Å². The number of nitrogens with one attached hydrogen (secondary N) is 1. The lowest BCUT2D eigenvalue weighted by molar-refractivity contribution is -0.121. The smallest absolute Gasteiger partial charge is 0.221 e. The van der Waals surface area contributed by atoms with Gasteiger partial charge in [0.15, 0.2) is 0 Å². The molecule has 0 bridgehead atoms. The summed E-state index contributed by atoms with van der Waals surface area (Å²) in [6.07, 6.45) is 0.192. The molecule has 0 radical (unpaired) electrons. The van der Waals surface area contributed by atoms with E-state index in [0.29, 0.717) is 5.56 Å². The normalized spacial score (nSPS) is 12.2. The second-order valence-corrected chi connectivity index (χ2v) is 3.74. The summed E-state index contributed by atoms with van der Waals surface area (Å²) < 4.78 is 25.6. The Hall–Kier alpha value is -1.49. The van der Waals surface area contributed by atoms with Gasteiger partial charge in [0.1, 0.15) is 11.6 Å². The van der Waals surface area contributed by atoms with Gasteiger partial charge < -0.3 is 11.1 Å². The maximum atomic E-state index is 12.8. The van der Waals surface area contributed by atoms with Gasteiger partial charge in [0.2, 0.25) is 5.91 Å². The first-order valence-electron chi connectivity index (χ1n) is 4.94. The van der Waals surface area contributed by atoms with E-state index in [1.165, 1.54) is 12.1 Å². The average Bonchev–Trinajstić information content (AvgIpc) is 2.12. The van der Waals surface area contributed by atoms with Crippen LogP contribution < -0.4 is 11.1 Å². The molecule has 1 amide bonds. The molecule has 0 spiro atoms. The van der Waals surface area contributed by atoms with Gasteiger partial charge in [-0.15, -0.1) is 0 Å². The minimum atomic E-state index is -0.656. The number of rotatable bonds is 4. The van der Waals surface area contributed by atoms with Crippen LogP contribution in [0.1, 0.15) is 18.9 Å². The molecule has 1 aromatic rings. The van der Waals surface area contributed by atoms with Gasteiger partial charge in [-0.3, -0.25) is 4.79 Å². The van der Waals surface area contributed by atoms with Gasteiger partial charge >= 0.3 is 0 Å². The number of nitrogens with two attached hydrogens (primary N) is 1. The molecular weight excluding hydrogens is 214 g/mol. The van der Waals surface area contributed by atoms with Crippen LogP contribution in [0.4, 0.5) is 8.78 Å². The predicted molar refractivity (Wildman–Crippen MR) is 56.5 cm³/mol. The van der Waals surface area contributed by atoms with Crippen molar-refractivity contribution in [3.8, 4) is 0 Å². The Morgan fingerprint density at radius 1 is 1.38 bits per heavy atom. The zero-order valence-corrected chi connectivity index (χ0v) is 8.97. The zero-order chi connectivity index (χ0) is 12.1. The molecular formula is C11H14F2N2O. The fraction of sp³-hybridized carbons (Fsp3) is 0.364. The number of benzene rings is 1. The van der Waals surface area contributed by atoms with Crippen LogP contribution in [-0.4, -0.2) is 11.9 Å². The summed E-state index contributed by atoms with van der Waals surface area (Å²) in [7, 11) is 0. The van der Waals surface area contributed by atoms with E-state index < -0.39 is 11.6 Å². The molecule has 0 heterocycles. The molecule has 1 aromatic carbocycles. The highest BCUT2D eigenvalue weighted by atomic mass is 19.1. The van der Waals surface area contributed by atoms with Gasteiger partial charge in [-0.25, -0.2) is 8.78 Å². The Balaban J connectivity index is 2.51. The van der Waals surface area contributed by atoms with Gasteiger partial charge in [-0.1, -0.05) is 0 Å². The summed E-state index contributed by atoms with van der Waals surface area (Å²) in [5.74, 6) is -1.55. The van der Waals surface area contributed by atoms with Crippen molar-refractivity contribution in [2.24, 2.45) is 5.73 Å². The summed E-state index contributed by atoms with van der Waals surface area (Å²) >= 11 is 0. The third-order valence-corrected chi connectivity index (χ3v) is 1.92. The minimum absolute atomic E-state index is 0.0975. The zero-order valence-electron chi connectivity index (χ0n) is 8.97. The Kier molecular flexibility index (Phi) is 4.37. The summed E-state index contributed by atoms with van der Waals surface area (Å²) in [5, 5.41) is 2.53. The first-order valence-corrected chi connectivity index (χ1v) is 4.94. The molecule has 0 fully saturated rings. The molecule has 3 N–H and O–H groups in total. The van der Waals surface area contributed by atoms with Crippen molar-refractivity contribution in [3.05, 3.63) is 35.4 Å². The van der Waals surface area contributed by atoms with Crippen molar-refractivity contribution < 1.29 is 13.6 Å². The number of halogens is 2. The molecule has 88 valence electrons. The quantitative estimate of drug-likeness (QED) is 0.816. The summed E-state index contributed by atoms with van der Waals surface area (Å²) in [6.45, 7) is 1.81. The first-order chi connectivity index (χ1) is 7.47. The highest BCUT2D eigenvalue weighted by Gasteiger charge is 2.05. The predicted octanol–water partition coefficient (Wildman–Crippen LogP) is 1.32. The van der Waals surface area contributed by atoms with Crippen LogP contribution in [0.5, 0.6) is 0 Å². The molecule has 0 aliphatic carbocycles. The number of carbonyl (C=O) groups excluding carboxylic acids is 1. The molecule has 16 heavy (non-hydrogen) atoms. The molecule has 5 heteroatoms. The van der Waals surface area contributed by atoms with E-state index in [-0.39, 0.29) is 24.9 Å². The van der Waals surface area contributed by atoms with Crippen LogP contribution in [0, 0.1) is 11.6 Å². The van der Waals surface area contributed by atoms with E-state index in [2.05, 4.69) is 5.32 Å². The number of carbonyl (C=O) groups is 1. The lowest BCUT2D eigenvalue weighted by Gasteiger charge is -2.07. The van der Waals surface area contributed by atoms with Crippen LogP contribution in [0.3, 0.4) is 0 Å². The van der Waals surface area contributed by atoms with E-state index in [1.54, 1.807) is 6.92 Å². The van der Waals surface area contributed by atoms with E-state index in [4.69, 9.17) is 5.73 Å². The highest BCUT2D eigenvalue weighted by molar-refractivity contribution is 5.76. The van der Waals surface area contributed by atoms with Crippen molar-refractivity contribution in [1.29, 1.82) is 0 Å². The maximum Gasteiger partial charge on any atom is 0.221 e. The molecule has 1 rings (SSSR count). The van der Waals surface area contributed by atoms with Gasteiger partial charge in [0, 0.05) is 25.1 Å². The third kappa shape index (κ3) is 4.35. The van der Waals surface area contributed by atoms with Crippen molar-refractivity contribution in [2.75, 3.05) is 0 Å². The standard InChI is InChI=1S/C11H14F2N2O/c1-7(14)2-11(16)15-6-8-3-9(12)5-10(13)4-8/h3-5,7H,2,6,14H2,1H3,(H,15,16). The second kappa shape index (κ2) is 5.55. The van der Waals surface area contributed by atoms with Crippen molar-refractivity contribution in [1.82, 2.24) is 5.32 Å². The monoisotopic (exact) mass is 228 g/mol. The van der Waals surface area contributed by atoms with E-state index in [0.717, 1.165) is 6.07 Å². The van der Waals surface area contributed by atoms with E-state index in [9.17, 15) is 13.6 Å².